The van der Waals surface area contributed by atoms with Gasteiger partial charge in [0.05, 0.1) is 17.5 Å². The van der Waals surface area contributed by atoms with Crippen LogP contribution in [-0.4, -0.2) is 58.6 Å². The van der Waals surface area contributed by atoms with Crippen LogP contribution in [0.1, 0.15) is 53.0 Å². The van der Waals surface area contributed by atoms with E-state index in [1.165, 1.54) is 6.07 Å². The molecule has 3 heterocycles. The van der Waals surface area contributed by atoms with Crippen molar-refractivity contribution in [3.8, 4) is 22.4 Å². The second kappa shape index (κ2) is 11.1. The molecule has 1 aromatic carbocycles. The van der Waals surface area contributed by atoms with E-state index in [-0.39, 0.29) is 29.1 Å². The van der Waals surface area contributed by atoms with Gasteiger partial charge in [-0.05, 0) is 58.2 Å². The Labute approximate surface area is 223 Å². The zero-order valence-corrected chi connectivity index (χ0v) is 23.0. The molecule has 0 unspecified atom stereocenters. The number of pyridine rings is 1. The van der Waals surface area contributed by atoms with Gasteiger partial charge in [-0.25, -0.2) is 17.6 Å². The van der Waals surface area contributed by atoms with Crippen molar-refractivity contribution in [1.29, 1.82) is 0 Å². The summed E-state index contributed by atoms with van der Waals surface area (Å²) in [6, 6.07) is 8.24. The monoisotopic (exact) mass is 543 g/mol. The van der Waals surface area contributed by atoms with Crippen LogP contribution in [0.4, 0.5) is 14.9 Å². The maximum absolute atomic E-state index is 15.7. The fraction of sp³-hybridized carbons (Fsp3) is 0.444. The van der Waals surface area contributed by atoms with Crippen LogP contribution in [0.3, 0.4) is 0 Å². The first-order chi connectivity index (χ1) is 18.0. The van der Waals surface area contributed by atoms with Crippen LogP contribution in [0.25, 0.3) is 22.4 Å². The number of hydrogen-bond donors (Lipinski definition) is 1. The van der Waals surface area contributed by atoms with Gasteiger partial charge in [-0.15, -0.1) is 0 Å². The number of ether oxygens (including phenoxy) is 1. The Bertz CT molecular complexity index is 1380. The van der Waals surface area contributed by atoms with Crippen LogP contribution in [0.15, 0.2) is 48.9 Å². The predicted octanol–water partition coefficient (Wildman–Crippen LogP) is 5.47. The van der Waals surface area contributed by atoms with Crippen LogP contribution in [-0.2, 0) is 14.8 Å². The molecule has 1 N–H and O–H groups in total. The number of aromatic nitrogens is 3. The van der Waals surface area contributed by atoms with E-state index in [1.54, 1.807) is 54.7 Å². The summed E-state index contributed by atoms with van der Waals surface area (Å²) in [6.07, 6.45) is 6.49. The molecule has 1 fully saturated rings. The number of sulfonamides is 1. The first-order valence-electron chi connectivity index (χ1n) is 12.7. The summed E-state index contributed by atoms with van der Waals surface area (Å²) < 4.78 is 50.0. The van der Waals surface area contributed by atoms with Gasteiger partial charge in [-0.3, -0.25) is 14.4 Å². The third kappa shape index (κ3) is 6.50. The number of nitrogens with one attached hydrogen (secondary N) is 1. The minimum atomic E-state index is -3.67. The van der Waals surface area contributed by atoms with Crippen LogP contribution < -0.4 is 4.72 Å². The SMILES string of the molecule is CCCS(=O)(=O)Nc1cccc(-c2cn(C3CCN(C(=O)OC(C)(C)C)CC3)nc2-c2ccncc2)c1F. The third-order valence-corrected chi connectivity index (χ3v) is 7.68. The fourth-order valence-electron chi connectivity index (χ4n) is 4.44. The molecule has 0 atom stereocenters. The van der Waals surface area contributed by atoms with Gasteiger partial charge in [0, 0.05) is 48.4 Å². The van der Waals surface area contributed by atoms with Crippen LogP contribution >= 0.6 is 0 Å². The van der Waals surface area contributed by atoms with Crippen molar-refractivity contribution in [1.82, 2.24) is 19.7 Å². The zero-order valence-electron chi connectivity index (χ0n) is 22.1. The highest BCUT2D eigenvalue weighted by Crippen LogP contribution is 2.37. The van der Waals surface area contributed by atoms with Crippen molar-refractivity contribution < 1.29 is 22.3 Å². The number of anilines is 1. The quantitative estimate of drug-likeness (QED) is 0.423. The lowest BCUT2D eigenvalue weighted by Gasteiger charge is -2.33. The maximum atomic E-state index is 15.7. The Hall–Kier alpha value is -3.47. The molecule has 0 radical (unpaired) electrons. The largest absolute Gasteiger partial charge is 0.444 e. The Morgan fingerprint density at radius 3 is 2.45 bits per heavy atom. The molecule has 1 aliphatic rings. The van der Waals surface area contributed by atoms with Crippen molar-refractivity contribution in [3.05, 3.63) is 54.7 Å². The van der Waals surface area contributed by atoms with Gasteiger partial charge in [0.2, 0.25) is 10.0 Å². The van der Waals surface area contributed by atoms with E-state index in [4.69, 9.17) is 9.84 Å². The Balaban J connectivity index is 1.65. The first-order valence-corrected chi connectivity index (χ1v) is 14.4. The smallest absolute Gasteiger partial charge is 0.410 e. The van der Waals surface area contributed by atoms with E-state index in [2.05, 4.69) is 9.71 Å². The highest BCUT2D eigenvalue weighted by atomic mass is 32.2. The van der Waals surface area contributed by atoms with Crippen LogP contribution in [0, 0.1) is 5.82 Å². The Morgan fingerprint density at radius 2 is 1.82 bits per heavy atom. The average Bonchev–Trinajstić information content (AvgIpc) is 3.30. The number of hydrogen-bond acceptors (Lipinski definition) is 6. The predicted molar refractivity (Wildman–Crippen MR) is 145 cm³/mol. The minimum Gasteiger partial charge on any atom is -0.444 e. The summed E-state index contributed by atoms with van der Waals surface area (Å²) in [5, 5.41) is 4.83. The lowest BCUT2D eigenvalue weighted by molar-refractivity contribution is 0.0185. The number of likely N-dealkylation sites (tertiary alicyclic amines) is 1. The number of benzene rings is 1. The summed E-state index contributed by atoms with van der Waals surface area (Å²) >= 11 is 0. The van der Waals surface area contributed by atoms with Gasteiger partial charge in [-0.2, -0.15) is 5.10 Å². The van der Waals surface area contributed by atoms with E-state index in [0.717, 1.165) is 5.56 Å². The number of carbonyl (C=O) groups excluding carboxylic acids is 1. The molecule has 1 saturated heterocycles. The second-order valence-electron chi connectivity index (χ2n) is 10.4. The van der Waals surface area contributed by atoms with E-state index in [9.17, 15) is 13.2 Å². The average molecular weight is 544 g/mol. The van der Waals surface area contributed by atoms with Gasteiger partial charge in [0.25, 0.3) is 0 Å². The van der Waals surface area contributed by atoms with Gasteiger partial charge >= 0.3 is 6.09 Å². The standard InChI is InChI=1S/C27H34FN5O4S/c1-5-17-38(35,36)31-23-8-6-7-21(24(23)28)22-18-33(30-25(22)19-9-13-29-14-10-19)20-11-15-32(16-12-20)26(34)37-27(2,3)4/h6-10,13-14,18,20,31H,5,11-12,15-17H2,1-4H3. The Kier molecular flexibility index (Phi) is 8.05. The summed E-state index contributed by atoms with van der Waals surface area (Å²) in [5.41, 5.74) is 1.44. The zero-order chi connectivity index (χ0) is 27.5. The minimum absolute atomic E-state index is 0.00248. The number of nitrogens with zero attached hydrogens (tertiary/aromatic N) is 4. The highest BCUT2D eigenvalue weighted by molar-refractivity contribution is 7.92. The van der Waals surface area contributed by atoms with Crippen LogP contribution in [0.2, 0.25) is 0 Å². The van der Waals surface area contributed by atoms with Crippen molar-refractivity contribution in [3.63, 3.8) is 0 Å². The van der Waals surface area contributed by atoms with Crippen molar-refractivity contribution in [2.45, 2.75) is 58.6 Å². The van der Waals surface area contributed by atoms with Crippen molar-refractivity contribution in [2.75, 3.05) is 23.6 Å². The topological polar surface area (TPSA) is 106 Å². The fourth-order valence-corrected chi connectivity index (χ4v) is 5.58. The maximum Gasteiger partial charge on any atom is 0.410 e. The number of halogens is 1. The van der Waals surface area contributed by atoms with Crippen molar-refractivity contribution in [2.24, 2.45) is 0 Å². The molecule has 0 bridgehead atoms. The normalized spacial score (nSPS) is 14.9. The lowest BCUT2D eigenvalue weighted by Crippen LogP contribution is -2.42. The van der Waals surface area contributed by atoms with Crippen molar-refractivity contribution >= 4 is 21.8 Å². The molecule has 0 saturated carbocycles. The number of amides is 1. The van der Waals surface area contributed by atoms with Gasteiger partial charge < -0.3 is 9.64 Å². The van der Waals surface area contributed by atoms with E-state index in [0.29, 0.717) is 43.6 Å². The molecule has 4 rings (SSSR count). The molecule has 204 valence electrons. The van der Waals surface area contributed by atoms with Gasteiger partial charge in [0.15, 0.2) is 5.82 Å². The molecule has 3 aromatic rings. The van der Waals surface area contributed by atoms with E-state index < -0.39 is 21.4 Å². The van der Waals surface area contributed by atoms with E-state index >= 15 is 4.39 Å². The molecule has 1 aliphatic heterocycles. The molecule has 1 amide bonds. The molecule has 2 aromatic heterocycles. The third-order valence-electron chi connectivity index (χ3n) is 6.20. The molecular formula is C27H34FN5O4S. The highest BCUT2D eigenvalue weighted by Gasteiger charge is 2.29. The number of rotatable bonds is 7. The molecular weight excluding hydrogens is 509 g/mol. The van der Waals surface area contributed by atoms with Gasteiger partial charge in [-0.1, -0.05) is 19.1 Å². The summed E-state index contributed by atoms with van der Waals surface area (Å²) in [7, 11) is -3.67. The Morgan fingerprint density at radius 1 is 1.13 bits per heavy atom. The summed E-state index contributed by atoms with van der Waals surface area (Å²) in [4.78, 5) is 18.3. The molecule has 0 spiro atoms. The van der Waals surface area contributed by atoms with Gasteiger partial charge in [0.1, 0.15) is 11.3 Å². The van der Waals surface area contributed by atoms with E-state index in [1.807, 2.05) is 25.5 Å². The second-order valence-corrected chi connectivity index (χ2v) is 12.2. The van der Waals surface area contributed by atoms with Crippen LogP contribution in [0.5, 0.6) is 0 Å². The molecule has 0 aliphatic carbocycles. The molecule has 38 heavy (non-hydrogen) atoms. The summed E-state index contributed by atoms with van der Waals surface area (Å²) in [6.45, 7) is 8.30. The molecule has 11 heteroatoms. The first kappa shape index (κ1) is 27.6. The number of piperidine rings is 1. The number of carbonyl (C=O) groups is 1. The molecule has 9 nitrogen and oxygen atoms in total. The lowest BCUT2D eigenvalue weighted by atomic mass is 10.0. The summed E-state index contributed by atoms with van der Waals surface area (Å²) in [5.74, 6) is -0.763.